The summed E-state index contributed by atoms with van der Waals surface area (Å²) in [6.45, 7) is 4.00. The second kappa shape index (κ2) is 5.69. The van der Waals surface area contributed by atoms with E-state index in [9.17, 15) is 14.9 Å². The Hall–Kier alpha value is -2.54. The first kappa shape index (κ1) is 14.4. The number of nitrogens with one attached hydrogen (secondary N) is 1. The second-order valence-corrected chi connectivity index (χ2v) is 5.40. The van der Waals surface area contributed by atoms with Crippen LogP contribution in [0.1, 0.15) is 17.3 Å². The molecule has 1 amide bonds. The van der Waals surface area contributed by atoms with Crippen LogP contribution in [0, 0.1) is 10.1 Å². The largest absolute Gasteiger partial charge is 0.336 e. The van der Waals surface area contributed by atoms with E-state index in [2.05, 4.69) is 10.3 Å². The molecule has 1 aliphatic rings. The Morgan fingerprint density at radius 1 is 1.45 bits per heavy atom. The fraction of sp³-hybridized carbons (Fsp3) is 0.333. The smallest absolute Gasteiger partial charge is 0.278 e. The molecule has 7 heteroatoms. The molecule has 1 fully saturated rings. The predicted octanol–water partition coefficient (Wildman–Crippen LogP) is 1.58. The van der Waals surface area contributed by atoms with Crippen molar-refractivity contribution >= 4 is 22.5 Å². The van der Waals surface area contributed by atoms with Crippen LogP contribution in [0.15, 0.2) is 30.5 Å². The first-order chi connectivity index (χ1) is 10.6. The summed E-state index contributed by atoms with van der Waals surface area (Å²) in [7, 11) is 0. The van der Waals surface area contributed by atoms with Gasteiger partial charge in [-0.25, -0.2) is 0 Å². The summed E-state index contributed by atoms with van der Waals surface area (Å²) in [6, 6.07) is 6.37. The van der Waals surface area contributed by atoms with E-state index in [1.54, 1.807) is 23.2 Å². The molecule has 1 atom stereocenters. The zero-order valence-electron chi connectivity index (χ0n) is 12.2. The maximum atomic E-state index is 12.7. The Balaban J connectivity index is 2.06. The van der Waals surface area contributed by atoms with Crippen molar-refractivity contribution in [2.75, 3.05) is 19.6 Å². The number of pyridine rings is 1. The molecule has 114 valence electrons. The van der Waals surface area contributed by atoms with E-state index >= 15 is 0 Å². The third kappa shape index (κ3) is 2.50. The number of benzene rings is 1. The second-order valence-electron chi connectivity index (χ2n) is 5.40. The zero-order chi connectivity index (χ0) is 15.7. The van der Waals surface area contributed by atoms with Crippen LogP contribution >= 0.6 is 0 Å². The van der Waals surface area contributed by atoms with Gasteiger partial charge in [0.2, 0.25) is 0 Å². The van der Waals surface area contributed by atoms with Crippen molar-refractivity contribution < 1.29 is 9.72 Å². The Kier molecular flexibility index (Phi) is 3.72. The fourth-order valence-corrected chi connectivity index (χ4v) is 2.78. The molecule has 1 saturated heterocycles. The highest BCUT2D eigenvalue weighted by Crippen LogP contribution is 2.27. The minimum Gasteiger partial charge on any atom is -0.336 e. The average molecular weight is 300 g/mol. The molecule has 2 heterocycles. The van der Waals surface area contributed by atoms with Crippen LogP contribution < -0.4 is 5.32 Å². The number of carbonyl (C=O) groups excluding carboxylic acids is 1. The molecule has 0 unspecified atom stereocenters. The maximum absolute atomic E-state index is 12.7. The molecule has 1 N–H and O–H groups in total. The van der Waals surface area contributed by atoms with Crippen molar-refractivity contribution in [3.05, 3.63) is 46.1 Å². The molecular formula is C15H16N4O3. The number of non-ortho nitro benzene ring substituents is 1. The van der Waals surface area contributed by atoms with Crippen LogP contribution in [0.2, 0.25) is 0 Å². The van der Waals surface area contributed by atoms with Crippen LogP contribution in [-0.2, 0) is 0 Å². The van der Waals surface area contributed by atoms with Crippen LogP contribution in [0.4, 0.5) is 5.69 Å². The van der Waals surface area contributed by atoms with E-state index < -0.39 is 4.92 Å². The van der Waals surface area contributed by atoms with Gasteiger partial charge in [0.1, 0.15) is 0 Å². The monoisotopic (exact) mass is 300 g/mol. The molecule has 0 aliphatic carbocycles. The number of rotatable bonds is 2. The zero-order valence-corrected chi connectivity index (χ0v) is 12.2. The number of piperazine rings is 1. The summed E-state index contributed by atoms with van der Waals surface area (Å²) in [6.07, 6.45) is 1.54. The van der Waals surface area contributed by atoms with E-state index in [0.29, 0.717) is 29.6 Å². The van der Waals surface area contributed by atoms with Crippen LogP contribution in [0.5, 0.6) is 0 Å². The maximum Gasteiger partial charge on any atom is 0.278 e. The number of nitrogens with zero attached hydrogens (tertiary/aromatic N) is 3. The lowest BCUT2D eigenvalue weighted by Gasteiger charge is -2.32. The summed E-state index contributed by atoms with van der Waals surface area (Å²) in [5, 5.41) is 14.8. The van der Waals surface area contributed by atoms with Gasteiger partial charge in [-0.1, -0.05) is 0 Å². The topological polar surface area (TPSA) is 88.4 Å². The van der Waals surface area contributed by atoms with Gasteiger partial charge < -0.3 is 10.2 Å². The Labute approximate surface area is 127 Å². The molecule has 0 spiro atoms. The number of fused-ring (bicyclic) bond motifs is 1. The van der Waals surface area contributed by atoms with Gasteiger partial charge in [0.25, 0.3) is 11.6 Å². The van der Waals surface area contributed by atoms with Crippen molar-refractivity contribution in [2.45, 2.75) is 13.0 Å². The standard InChI is InChI=1S/C15H16N4O3/c1-10-9-18(8-7-16-10)15(20)12-4-5-13(19(21)22)11-3-2-6-17-14(11)12/h2-6,10,16H,7-9H2,1H3/t10-/m1/s1. The Bertz CT molecular complexity index is 747. The van der Waals surface area contributed by atoms with E-state index in [4.69, 9.17) is 0 Å². The molecular weight excluding hydrogens is 284 g/mol. The van der Waals surface area contributed by atoms with Crippen LogP contribution in [0.25, 0.3) is 10.9 Å². The first-order valence-corrected chi connectivity index (χ1v) is 7.12. The fourth-order valence-electron chi connectivity index (χ4n) is 2.78. The lowest BCUT2D eigenvalue weighted by atomic mass is 10.1. The quantitative estimate of drug-likeness (QED) is 0.672. The van der Waals surface area contributed by atoms with E-state index in [0.717, 1.165) is 6.54 Å². The van der Waals surface area contributed by atoms with Gasteiger partial charge in [-0.3, -0.25) is 19.9 Å². The molecule has 1 aliphatic heterocycles. The number of carbonyl (C=O) groups is 1. The van der Waals surface area contributed by atoms with Crippen molar-refractivity contribution in [2.24, 2.45) is 0 Å². The van der Waals surface area contributed by atoms with Crippen molar-refractivity contribution in [1.29, 1.82) is 0 Å². The molecule has 1 aromatic carbocycles. The number of hydrogen-bond donors (Lipinski definition) is 1. The van der Waals surface area contributed by atoms with Gasteiger partial charge in [0.05, 0.1) is 21.4 Å². The molecule has 0 saturated carbocycles. The molecule has 3 rings (SSSR count). The summed E-state index contributed by atoms with van der Waals surface area (Å²) in [5.41, 5.74) is 0.761. The third-order valence-corrected chi connectivity index (χ3v) is 3.83. The van der Waals surface area contributed by atoms with E-state index in [1.807, 2.05) is 6.92 Å². The van der Waals surface area contributed by atoms with Gasteiger partial charge in [0.15, 0.2) is 0 Å². The number of nitro benzene ring substituents is 1. The molecule has 7 nitrogen and oxygen atoms in total. The molecule has 2 aromatic rings. The highest BCUT2D eigenvalue weighted by atomic mass is 16.6. The lowest BCUT2D eigenvalue weighted by Crippen LogP contribution is -2.51. The summed E-state index contributed by atoms with van der Waals surface area (Å²) < 4.78 is 0. The highest BCUT2D eigenvalue weighted by Gasteiger charge is 2.25. The minimum absolute atomic E-state index is 0.0340. The van der Waals surface area contributed by atoms with Gasteiger partial charge in [-0.15, -0.1) is 0 Å². The lowest BCUT2D eigenvalue weighted by molar-refractivity contribution is -0.383. The first-order valence-electron chi connectivity index (χ1n) is 7.12. The van der Waals surface area contributed by atoms with Gasteiger partial charge >= 0.3 is 0 Å². The summed E-state index contributed by atoms with van der Waals surface area (Å²) in [5.74, 6) is -0.132. The number of aromatic nitrogens is 1. The van der Waals surface area contributed by atoms with Gasteiger partial charge in [-0.05, 0) is 25.1 Å². The molecule has 0 bridgehead atoms. The molecule has 0 radical (unpaired) electrons. The summed E-state index contributed by atoms with van der Waals surface area (Å²) in [4.78, 5) is 29.3. The molecule has 1 aromatic heterocycles. The van der Waals surface area contributed by atoms with E-state index in [-0.39, 0.29) is 17.6 Å². The number of amides is 1. The van der Waals surface area contributed by atoms with Crippen molar-refractivity contribution in [3.63, 3.8) is 0 Å². The average Bonchev–Trinajstić information content (AvgIpc) is 2.53. The van der Waals surface area contributed by atoms with Crippen molar-refractivity contribution in [3.8, 4) is 0 Å². The van der Waals surface area contributed by atoms with Crippen molar-refractivity contribution in [1.82, 2.24) is 15.2 Å². The third-order valence-electron chi connectivity index (χ3n) is 3.83. The highest BCUT2D eigenvalue weighted by molar-refractivity contribution is 6.07. The molecule has 22 heavy (non-hydrogen) atoms. The number of hydrogen-bond acceptors (Lipinski definition) is 5. The Morgan fingerprint density at radius 2 is 2.27 bits per heavy atom. The van der Waals surface area contributed by atoms with Crippen LogP contribution in [0.3, 0.4) is 0 Å². The SMILES string of the molecule is C[C@@H]1CN(C(=O)c2ccc([N+](=O)[O-])c3cccnc23)CCN1. The van der Waals surface area contributed by atoms with Gasteiger partial charge in [0, 0.05) is 37.9 Å². The Morgan fingerprint density at radius 3 is 3.00 bits per heavy atom. The number of nitro groups is 1. The predicted molar refractivity (Wildman–Crippen MR) is 81.8 cm³/mol. The normalized spacial score (nSPS) is 18.4. The van der Waals surface area contributed by atoms with Gasteiger partial charge in [-0.2, -0.15) is 0 Å². The minimum atomic E-state index is -0.453. The van der Waals surface area contributed by atoms with E-state index in [1.165, 1.54) is 12.1 Å². The van der Waals surface area contributed by atoms with Crippen LogP contribution in [-0.4, -0.2) is 46.4 Å². The summed E-state index contributed by atoms with van der Waals surface area (Å²) >= 11 is 0.